The smallest absolute Gasteiger partial charge is 0.339 e. The Balaban J connectivity index is 1.86. The van der Waals surface area contributed by atoms with Crippen LogP contribution in [0.1, 0.15) is 40.9 Å². The van der Waals surface area contributed by atoms with Gasteiger partial charge in [0.1, 0.15) is 0 Å². The van der Waals surface area contributed by atoms with Crippen molar-refractivity contribution in [1.82, 2.24) is 0 Å². The van der Waals surface area contributed by atoms with E-state index in [-0.39, 0.29) is 12.1 Å². The minimum absolute atomic E-state index is 0.0539. The van der Waals surface area contributed by atoms with Crippen LogP contribution in [0.25, 0.3) is 0 Å². The van der Waals surface area contributed by atoms with Gasteiger partial charge in [0, 0.05) is 24.2 Å². The summed E-state index contributed by atoms with van der Waals surface area (Å²) < 4.78 is 5.45. The molecule has 2 aromatic rings. The Morgan fingerprint density at radius 2 is 2.04 bits per heavy atom. The van der Waals surface area contributed by atoms with Crippen LogP contribution in [0.15, 0.2) is 36.4 Å². The molecule has 1 aliphatic rings. The number of nitro groups is 1. The molecular weight excluding hydrogens is 348 g/mol. The summed E-state index contributed by atoms with van der Waals surface area (Å²) >= 11 is 0. The number of cyclic esters (lactones) is 1. The van der Waals surface area contributed by atoms with Crippen LogP contribution < -0.4 is 5.32 Å². The van der Waals surface area contributed by atoms with Gasteiger partial charge in [-0.2, -0.15) is 0 Å². The number of carbonyl (C=O) groups is 2. The largest absolute Gasteiger partial charge is 0.445 e. The Hall–Kier alpha value is -3.22. The van der Waals surface area contributed by atoms with E-state index in [0.717, 1.165) is 17.5 Å². The fraction of sp³-hybridized carbons (Fsp3) is 0.300. The van der Waals surface area contributed by atoms with E-state index in [1.807, 2.05) is 19.1 Å². The van der Waals surface area contributed by atoms with Crippen LogP contribution in [0.4, 0.5) is 11.4 Å². The van der Waals surface area contributed by atoms with E-state index in [9.17, 15) is 19.7 Å². The molecule has 0 fully saturated rings. The summed E-state index contributed by atoms with van der Waals surface area (Å²) in [7, 11) is 0. The molecule has 0 spiro atoms. The number of nitro benzene ring substituents is 1. The van der Waals surface area contributed by atoms with Gasteiger partial charge < -0.3 is 10.1 Å². The zero-order chi connectivity index (χ0) is 19.8. The molecule has 7 heteroatoms. The van der Waals surface area contributed by atoms with Crippen LogP contribution >= 0.6 is 0 Å². The number of benzene rings is 2. The molecule has 2 aromatic carbocycles. The lowest BCUT2D eigenvalue weighted by atomic mass is 9.88. The Labute approximate surface area is 156 Å². The van der Waals surface area contributed by atoms with Gasteiger partial charge in [0.15, 0.2) is 5.60 Å². The molecule has 0 radical (unpaired) electrons. The van der Waals surface area contributed by atoms with Crippen LogP contribution in [0.2, 0.25) is 0 Å². The standard InChI is InChI=1S/C20H20N2O5/c1-4-13-5-7-16-14(10-13)11-20(3,27-18(16)23)19(24)21-17-8-6-15(22(25)26)9-12(17)2/h5-10H,4,11H2,1-3H3,(H,21,24). The molecule has 1 unspecified atom stereocenters. The third kappa shape index (κ3) is 3.53. The number of amides is 1. The third-order valence-corrected chi connectivity index (χ3v) is 4.79. The highest BCUT2D eigenvalue weighted by atomic mass is 16.6. The number of hydrogen-bond donors (Lipinski definition) is 1. The Kier molecular flexibility index (Phi) is 4.70. The second-order valence-electron chi connectivity index (χ2n) is 6.85. The maximum absolute atomic E-state index is 12.8. The van der Waals surface area contributed by atoms with E-state index in [2.05, 4.69) is 5.32 Å². The van der Waals surface area contributed by atoms with Gasteiger partial charge >= 0.3 is 5.97 Å². The van der Waals surface area contributed by atoms with Gasteiger partial charge in [0.2, 0.25) is 0 Å². The molecule has 1 N–H and O–H groups in total. The lowest BCUT2D eigenvalue weighted by Crippen LogP contribution is -2.49. The summed E-state index contributed by atoms with van der Waals surface area (Å²) in [5, 5.41) is 13.6. The molecule has 0 aromatic heterocycles. The van der Waals surface area contributed by atoms with Crippen molar-refractivity contribution < 1.29 is 19.2 Å². The molecule has 1 atom stereocenters. The second-order valence-corrected chi connectivity index (χ2v) is 6.85. The number of nitrogens with zero attached hydrogens (tertiary/aromatic N) is 1. The highest BCUT2D eigenvalue weighted by Gasteiger charge is 2.42. The van der Waals surface area contributed by atoms with Crippen LogP contribution in [-0.2, 0) is 22.4 Å². The average molecular weight is 368 g/mol. The lowest BCUT2D eigenvalue weighted by Gasteiger charge is -2.33. The van der Waals surface area contributed by atoms with Crippen molar-refractivity contribution in [2.24, 2.45) is 0 Å². The van der Waals surface area contributed by atoms with Gasteiger partial charge in [-0.05, 0) is 49.1 Å². The quantitative estimate of drug-likeness (QED) is 0.505. The van der Waals surface area contributed by atoms with Crippen molar-refractivity contribution in [1.29, 1.82) is 0 Å². The van der Waals surface area contributed by atoms with Crippen LogP contribution in [0.3, 0.4) is 0 Å². The number of esters is 1. The fourth-order valence-electron chi connectivity index (χ4n) is 3.15. The van der Waals surface area contributed by atoms with E-state index < -0.39 is 22.4 Å². The first kappa shape index (κ1) is 18.6. The van der Waals surface area contributed by atoms with E-state index in [4.69, 9.17) is 4.74 Å². The Bertz CT molecular complexity index is 953. The number of ether oxygens (including phenoxy) is 1. The highest BCUT2D eigenvalue weighted by molar-refractivity contribution is 6.02. The van der Waals surface area contributed by atoms with Gasteiger partial charge in [0.25, 0.3) is 11.6 Å². The molecule has 0 saturated heterocycles. The first-order valence-corrected chi connectivity index (χ1v) is 8.65. The van der Waals surface area contributed by atoms with E-state index in [1.54, 1.807) is 19.9 Å². The van der Waals surface area contributed by atoms with Gasteiger partial charge in [-0.1, -0.05) is 19.1 Å². The number of hydrogen-bond acceptors (Lipinski definition) is 5. The van der Waals surface area contributed by atoms with Crippen molar-refractivity contribution in [3.63, 3.8) is 0 Å². The zero-order valence-electron chi connectivity index (χ0n) is 15.4. The zero-order valence-corrected chi connectivity index (χ0v) is 15.4. The summed E-state index contributed by atoms with van der Waals surface area (Å²) in [6, 6.07) is 9.72. The van der Waals surface area contributed by atoms with Crippen molar-refractivity contribution in [3.05, 3.63) is 68.8 Å². The number of nitrogens with one attached hydrogen (secondary N) is 1. The van der Waals surface area contributed by atoms with Crippen LogP contribution in [0.5, 0.6) is 0 Å². The molecule has 27 heavy (non-hydrogen) atoms. The van der Waals surface area contributed by atoms with Gasteiger partial charge in [-0.3, -0.25) is 14.9 Å². The predicted molar refractivity (Wildman–Crippen MR) is 99.8 cm³/mol. The molecule has 1 aliphatic heterocycles. The highest BCUT2D eigenvalue weighted by Crippen LogP contribution is 2.31. The minimum atomic E-state index is -1.36. The number of aryl methyl sites for hydroxylation is 2. The number of non-ortho nitro benzene ring substituents is 1. The molecule has 1 heterocycles. The molecule has 3 rings (SSSR count). The Morgan fingerprint density at radius 1 is 1.30 bits per heavy atom. The second kappa shape index (κ2) is 6.83. The Morgan fingerprint density at radius 3 is 2.67 bits per heavy atom. The summed E-state index contributed by atoms with van der Waals surface area (Å²) in [4.78, 5) is 35.6. The SMILES string of the molecule is CCc1ccc2c(c1)CC(C)(C(=O)Nc1ccc([N+](=O)[O-])cc1C)OC2=O. The third-order valence-electron chi connectivity index (χ3n) is 4.79. The molecule has 7 nitrogen and oxygen atoms in total. The number of fused-ring (bicyclic) bond motifs is 1. The first-order chi connectivity index (χ1) is 12.7. The normalized spacial score (nSPS) is 18.4. The van der Waals surface area contributed by atoms with Crippen molar-refractivity contribution >= 4 is 23.3 Å². The molecule has 1 amide bonds. The topological polar surface area (TPSA) is 98.5 Å². The summed E-state index contributed by atoms with van der Waals surface area (Å²) in [6.45, 7) is 5.26. The van der Waals surface area contributed by atoms with Gasteiger partial charge in [-0.15, -0.1) is 0 Å². The van der Waals surface area contributed by atoms with Gasteiger partial charge in [-0.25, -0.2) is 4.79 Å². The minimum Gasteiger partial charge on any atom is -0.445 e. The summed E-state index contributed by atoms with van der Waals surface area (Å²) in [6.07, 6.45) is 1.09. The van der Waals surface area contributed by atoms with E-state index in [1.165, 1.54) is 18.2 Å². The van der Waals surface area contributed by atoms with Gasteiger partial charge in [0.05, 0.1) is 10.5 Å². The number of anilines is 1. The van der Waals surface area contributed by atoms with Crippen molar-refractivity contribution in [2.45, 2.75) is 39.2 Å². The predicted octanol–water partition coefficient (Wildman–Crippen LogP) is 3.58. The molecular formula is C20H20N2O5. The monoisotopic (exact) mass is 368 g/mol. The van der Waals surface area contributed by atoms with E-state index >= 15 is 0 Å². The fourth-order valence-corrected chi connectivity index (χ4v) is 3.15. The van der Waals surface area contributed by atoms with E-state index in [0.29, 0.717) is 16.8 Å². The first-order valence-electron chi connectivity index (χ1n) is 8.65. The number of carbonyl (C=O) groups excluding carboxylic acids is 2. The van der Waals surface area contributed by atoms with Crippen LogP contribution in [0, 0.1) is 17.0 Å². The van der Waals surface area contributed by atoms with Crippen molar-refractivity contribution in [3.8, 4) is 0 Å². The average Bonchev–Trinajstić information content (AvgIpc) is 2.62. The molecule has 0 saturated carbocycles. The maximum Gasteiger partial charge on any atom is 0.339 e. The molecule has 0 bridgehead atoms. The lowest BCUT2D eigenvalue weighted by molar-refractivity contribution is -0.384. The summed E-state index contributed by atoms with van der Waals surface area (Å²) in [5.41, 5.74) is 1.92. The maximum atomic E-state index is 12.8. The van der Waals surface area contributed by atoms with Crippen molar-refractivity contribution in [2.75, 3.05) is 5.32 Å². The molecule has 140 valence electrons. The molecule has 0 aliphatic carbocycles. The number of rotatable bonds is 4. The van der Waals surface area contributed by atoms with Crippen LogP contribution in [-0.4, -0.2) is 22.4 Å². The summed E-state index contributed by atoms with van der Waals surface area (Å²) in [5.74, 6) is -1.00.